The van der Waals surface area contributed by atoms with Gasteiger partial charge in [0.25, 0.3) is 5.91 Å². The number of carbonyl (C=O) groups excluding carboxylic acids is 4. The monoisotopic (exact) mass is 429 g/mol. The van der Waals surface area contributed by atoms with E-state index in [0.717, 1.165) is 31.2 Å². The first kappa shape index (κ1) is 22.8. The summed E-state index contributed by atoms with van der Waals surface area (Å²) in [6.07, 6.45) is 4.52. The Bertz CT molecular complexity index is 852. The third kappa shape index (κ3) is 5.83. The van der Waals surface area contributed by atoms with Crippen LogP contribution >= 0.6 is 0 Å². The fourth-order valence-corrected chi connectivity index (χ4v) is 3.83. The van der Waals surface area contributed by atoms with Crippen molar-refractivity contribution in [2.75, 3.05) is 13.2 Å². The second-order valence-corrected chi connectivity index (χ2v) is 8.43. The Balaban J connectivity index is 1.40. The van der Waals surface area contributed by atoms with Crippen LogP contribution in [0.3, 0.4) is 0 Å². The minimum atomic E-state index is -0.604. The van der Waals surface area contributed by atoms with Crippen LogP contribution in [0, 0.1) is 5.92 Å². The number of nitrogens with zero attached hydrogens (tertiary/aromatic N) is 1. The van der Waals surface area contributed by atoms with E-state index in [1.165, 1.54) is 4.90 Å². The minimum absolute atomic E-state index is 0.0205. The van der Waals surface area contributed by atoms with E-state index in [9.17, 15) is 19.2 Å². The molecule has 2 N–H and O–H groups in total. The molecule has 168 valence electrons. The van der Waals surface area contributed by atoms with Gasteiger partial charge >= 0.3 is 0 Å². The van der Waals surface area contributed by atoms with Crippen LogP contribution in [0.2, 0.25) is 0 Å². The Kier molecular flexibility index (Phi) is 7.65. The van der Waals surface area contributed by atoms with Crippen LogP contribution in [0.15, 0.2) is 18.2 Å². The van der Waals surface area contributed by atoms with E-state index in [-0.39, 0.29) is 30.1 Å². The lowest BCUT2D eigenvalue weighted by Gasteiger charge is -2.29. The highest BCUT2D eigenvalue weighted by Crippen LogP contribution is 2.30. The molecule has 4 amide bonds. The molecule has 1 fully saturated rings. The van der Waals surface area contributed by atoms with Crippen LogP contribution in [0.5, 0.6) is 5.75 Å². The van der Waals surface area contributed by atoms with E-state index in [0.29, 0.717) is 37.4 Å². The summed E-state index contributed by atoms with van der Waals surface area (Å²) >= 11 is 0. The number of imide groups is 1. The van der Waals surface area contributed by atoms with Crippen molar-refractivity contribution in [2.24, 2.45) is 5.92 Å². The minimum Gasteiger partial charge on any atom is -0.494 e. The van der Waals surface area contributed by atoms with Gasteiger partial charge in [-0.15, -0.1) is 0 Å². The maximum Gasteiger partial charge on any atom is 0.255 e. The Morgan fingerprint density at radius 2 is 1.97 bits per heavy atom. The Morgan fingerprint density at radius 1 is 1.19 bits per heavy atom. The first-order chi connectivity index (χ1) is 14.9. The van der Waals surface area contributed by atoms with Gasteiger partial charge in [-0.3, -0.25) is 24.5 Å². The lowest BCUT2D eigenvalue weighted by Crippen LogP contribution is -2.52. The number of piperidine rings is 1. The number of nitrogens with one attached hydrogen (secondary N) is 2. The van der Waals surface area contributed by atoms with Crippen molar-refractivity contribution < 1.29 is 23.9 Å². The molecular formula is C23H31N3O5. The Hall–Kier alpha value is -2.90. The highest BCUT2D eigenvalue weighted by Gasteiger charge is 2.39. The predicted molar refractivity (Wildman–Crippen MR) is 114 cm³/mol. The van der Waals surface area contributed by atoms with Crippen LogP contribution < -0.4 is 15.4 Å². The molecule has 2 heterocycles. The van der Waals surface area contributed by atoms with Crippen molar-refractivity contribution in [3.63, 3.8) is 0 Å². The smallest absolute Gasteiger partial charge is 0.255 e. The molecule has 1 unspecified atom stereocenters. The molecule has 1 aromatic carbocycles. The topological polar surface area (TPSA) is 105 Å². The third-order valence-electron chi connectivity index (χ3n) is 5.66. The summed E-state index contributed by atoms with van der Waals surface area (Å²) in [7, 11) is 0. The number of unbranched alkanes of at least 4 members (excludes halogenated alkanes) is 3. The average molecular weight is 430 g/mol. The fourth-order valence-electron chi connectivity index (χ4n) is 3.83. The molecular weight excluding hydrogens is 398 g/mol. The largest absolute Gasteiger partial charge is 0.494 e. The summed E-state index contributed by atoms with van der Waals surface area (Å²) in [6.45, 7) is 5.41. The second-order valence-electron chi connectivity index (χ2n) is 8.43. The summed E-state index contributed by atoms with van der Waals surface area (Å²) in [5, 5.41) is 5.23. The van der Waals surface area contributed by atoms with Gasteiger partial charge in [-0.05, 0) is 43.0 Å². The van der Waals surface area contributed by atoms with E-state index in [2.05, 4.69) is 10.6 Å². The van der Waals surface area contributed by atoms with Crippen LogP contribution in [0.25, 0.3) is 0 Å². The van der Waals surface area contributed by atoms with Crippen molar-refractivity contribution >= 4 is 23.6 Å². The molecule has 1 aromatic rings. The van der Waals surface area contributed by atoms with E-state index in [4.69, 9.17) is 4.74 Å². The SMILES string of the molecule is CC(C)C(=O)NCCCCCCOc1ccc2c(c1)CN(C1CCC(=O)NC1=O)C2=O. The average Bonchev–Trinajstić information content (AvgIpc) is 3.05. The van der Waals surface area contributed by atoms with Crippen molar-refractivity contribution in [2.45, 2.75) is 65.0 Å². The zero-order valence-electron chi connectivity index (χ0n) is 18.2. The first-order valence-corrected chi connectivity index (χ1v) is 11.0. The lowest BCUT2D eigenvalue weighted by atomic mass is 10.0. The number of ether oxygens (including phenoxy) is 1. The fraction of sp³-hybridized carbons (Fsp3) is 0.565. The number of rotatable bonds is 10. The summed E-state index contributed by atoms with van der Waals surface area (Å²) in [5.74, 6) is -0.0535. The molecule has 0 aromatic heterocycles. The highest BCUT2D eigenvalue weighted by atomic mass is 16.5. The maximum atomic E-state index is 12.7. The van der Waals surface area contributed by atoms with Gasteiger partial charge < -0.3 is 15.0 Å². The van der Waals surface area contributed by atoms with Gasteiger partial charge in [0.2, 0.25) is 17.7 Å². The van der Waals surface area contributed by atoms with Crippen LogP contribution in [0.4, 0.5) is 0 Å². The third-order valence-corrected chi connectivity index (χ3v) is 5.66. The van der Waals surface area contributed by atoms with Gasteiger partial charge in [0.1, 0.15) is 11.8 Å². The number of benzene rings is 1. The molecule has 1 saturated heterocycles. The Morgan fingerprint density at radius 3 is 2.71 bits per heavy atom. The zero-order valence-corrected chi connectivity index (χ0v) is 18.2. The summed E-state index contributed by atoms with van der Waals surface area (Å²) in [6, 6.07) is 4.79. The molecule has 8 heteroatoms. The van der Waals surface area contributed by atoms with E-state index >= 15 is 0 Å². The molecule has 0 aliphatic carbocycles. The van der Waals surface area contributed by atoms with Crippen molar-refractivity contribution in [3.05, 3.63) is 29.3 Å². The van der Waals surface area contributed by atoms with Gasteiger partial charge in [0, 0.05) is 31.0 Å². The van der Waals surface area contributed by atoms with Gasteiger partial charge in [0.05, 0.1) is 6.61 Å². The van der Waals surface area contributed by atoms with Crippen LogP contribution in [0.1, 0.15) is 68.3 Å². The molecule has 0 saturated carbocycles. The number of amides is 4. The molecule has 0 bridgehead atoms. The standard InChI is InChI=1S/C23H31N3O5/c1-15(2)21(28)24-11-5-3-4-6-12-31-17-7-8-18-16(13-17)14-26(23(18)30)19-9-10-20(27)25-22(19)29/h7-8,13,15,19H,3-6,9-12,14H2,1-2H3,(H,24,28)(H,25,27,29). The summed E-state index contributed by atoms with van der Waals surface area (Å²) in [5.41, 5.74) is 1.42. The normalized spacial score (nSPS) is 18.2. The van der Waals surface area contributed by atoms with E-state index in [1.54, 1.807) is 12.1 Å². The molecule has 2 aliphatic heterocycles. The lowest BCUT2D eigenvalue weighted by molar-refractivity contribution is -0.137. The van der Waals surface area contributed by atoms with Gasteiger partial charge in [-0.25, -0.2) is 0 Å². The zero-order chi connectivity index (χ0) is 22.4. The highest BCUT2D eigenvalue weighted by molar-refractivity contribution is 6.05. The van der Waals surface area contributed by atoms with Gasteiger partial charge in [-0.2, -0.15) is 0 Å². The first-order valence-electron chi connectivity index (χ1n) is 11.0. The van der Waals surface area contributed by atoms with Gasteiger partial charge in [-0.1, -0.05) is 26.7 Å². The predicted octanol–water partition coefficient (Wildman–Crippen LogP) is 2.16. The van der Waals surface area contributed by atoms with E-state index < -0.39 is 11.9 Å². The number of carbonyl (C=O) groups is 4. The molecule has 8 nitrogen and oxygen atoms in total. The second kappa shape index (κ2) is 10.4. The van der Waals surface area contributed by atoms with Gasteiger partial charge in [0.15, 0.2) is 0 Å². The number of hydrogen-bond donors (Lipinski definition) is 2. The summed E-state index contributed by atoms with van der Waals surface area (Å²) < 4.78 is 5.84. The van der Waals surface area contributed by atoms with Crippen LogP contribution in [-0.2, 0) is 20.9 Å². The summed E-state index contributed by atoms with van der Waals surface area (Å²) in [4.78, 5) is 49.2. The molecule has 3 rings (SSSR count). The van der Waals surface area contributed by atoms with Crippen molar-refractivity contribution in [3.8, 4) is 5.75 Å². The Labute approximate surface area is 182 Å². The number of fused-ring (bicyclic) bond motifs is 1. The quantitative estimate of drug-likeness (QED) is 0.438. The van der Waals surface area contributed by atoms with Crippen molar-refractivity contribution in [1.29, 1.82) is 0 Å². The van der Waals surface area contributed by atoms with E-state index in [1.807, 2.05) is 19.9 Å². The molecule has 0 spiro atoms. The molecule has 2 aliphatic rings. The molecule has 31 heavy (non-hydrogen) atoms. The maximum absolute atomic E-state index is 12.7. The molecule has 1 atom stereocenters. The molecule has 0 radical (unpaired) electrons. The number of hydrogen-bond acceptors (Lipinski definition) is 5. The van der Waals surface area contributed by atoms with Crippen LogP contribution in [-0.4, -0.2) is 47.7 Å². The van der Waals surface area contributed by atoms with Crippen molar-refractivity contribution in [1.82, 2.24) is 15.5 Å².